The number of carboxylic acid groups (broad SMARTS) is 1. The minimum atomic E-state index is -0.800. The summed E-state index contributed by atoms with van der Waals surface area (Å²) in [6.45, 7) is 25.6. The van der Waals surface area contributed by atoms with Gasteiger partial charge in [0.1, 0.15) is 0 Å². The number of benzene rings is 4. The second-order valence-electron chi connectivity index (χ2n) is 35.3. The van der Waals surface area contributed by atoms with Gasteiger partial charge in [0.25, 0.3) is 0 Å². The van der Waals surface area contributed by atoms with Gasteiger partial charge in [-0.3, -0.25) is 57.5 Å². The minimum Gasteiger partial charge on any atom is -0.481 e. The van der Waals surface area contributed by atoms with Gasteiger partial charge < -0.3 is 127 Å². The zero-order valence-corrected chi connectivity index (χ0v) is 85.8. The number of carboxylic acids is 1. The summed E-state index contributed by atoms with van der Waals surface area (Å²) in [5.74, 6) is -7.05. The van der Waals surface area contributed by atoms with E-state index >= 15 is 0 Å². The van der Waals surface area contributed by atoms with E-state index in [-0.39, 0.29) is 205 Å². The number of anilines is 4. The van der Waals surface area contributed by atoms with E-state index in [9.17, 15) is 81.8 Å². The Balaban J connectivity index is 0.00000186. The van der Waals surface area contributed by atoms with Crippen LogP contribution in [0, 0.1) is 47.3 Å². The Labute approximate surface area is 849 Å². The number of rotatable bonds is 69. The van der Waals surface area contributed by atoms with Crippen molar-refractivity contribution >= 4 is 117 Å². The number of primary amides is 4. The predicted octanol–water partition coefficient (Wildman–Crippen LogP) is 9.49. The molecule has 26 N–H and O–H groups in total. The lowest BCUT2D eigenvalue weighted by Gasteiger charge is -2.24. The fourth-order valence-corrected chi connectivity index (χ4v) is 13.6. The molecule has 0 fully saturated rings. The lowest BCUT2D eigenvalue weighted by Crippen LogP contribution is -2.45. The van der Waals surface area contributed by atoms with Crippen LogP contribution in [-0.4, -0.2) is 220 Å². The lowest BCUT2D eigenvalue weighted by atomic mass is 9.89. The van der Waals surface area contributed by atoms with Crippen molar-refractivity contribution in [1.29, 1.82) is 0 Å². The van der Waals surface area contributed by atoms with Crippen molar-refractivity contribution < 1.29 is 111 Å². The maximum absolute atomic E-state index is 13.2. The number of carbonyl (C=O) groups is 16. The molecule has 4 aromatic rings. The smallest absolute Gasteiger partial charge is 0.312 e. The van der Waals surface area contributed by atoms with Crippen LogP contribution in [0.5, 0.6) is 0 Å². The van der Waals surface area contributed by atoms with Gasteiger partial charge >= 0.3 is 30.1 Å². The Morgan fingerprint density at radius 2 is 0.593 bits per heavy atom. The van der Waals surface area contributed by atoms with E-state index in [1.54, 1.807) is 97.1 Å². The topological polar surface area (TPSA) is 757 Å². The maximum atomic E-state index is 13.2. The van der Waals surface area contributed by atoms with Gasteiger partial charge in [0.05, 0.1) is 89.9 Å². The SMILES string of the molecule is CC(C)[C@H](N)C(=O)C[C@@H](CCCNC(N)=O)C(=O)Nc1ccc(CO)cc1.CC(C)[C@H](NC(=O)CCOCCN)C(=O)C[C@@H](CCCNC(N)=O)C(=O)Nc1ccc(CN=[N+]=[N-])cc1.CCCOCCC(=O)N[C@H](C(=O)C[C@@H](CCCNC(N)=O)C(=O)Nc1ccc(CN=[N+]=[N-])cc1)C(C)C.CCCOCCC(=O)N[C@H](C(=O)C[C@@H](CCCNC(N)=O)C(=O)Nc1ccc(CO)cc1)C(C)C.CCCOCCC(=O)O. The number of aliphatic carboxylic acids is 1. The number of nitrogens with one attached hydrogen (secondary N) is 11. The monoisotopic (exact) mass is 2040 g/mol. The van der Waals surface area contributed by atoms with Crippen LogP contribution in [-0.2, 0) is 103 Å². The van der Waals surface area contributed by atoms with E-state index in [2.05, 4.69) is 78.5 Å². The highest BCUT2D eigenvalue weighted by Crippen LogP contribution is 2.26. The van der Waals surface area contributed by atoms with Gasteiger partial charge in [-0.05, 0) is 176 Å². The first-order valence-electron chi connectivity index (χ1n) is 49.0. The van der Waals surface area contributed by atoms with Crippen molar-refractivity contribution in [2.75, 3.05) is 107 Å². The number of urea groups is 4. The van der Waals surface area contributed by atoms with Crippen LogP contribution in [0.1, 0.15) is 220 Å². The lowest BCUT2D eigenvalue weighted by molar-refractivity contribution is -0.138. The second-order valence-corrected chi connectivity index (χ2v) is 35.3. The zero-order chi connectivity index (χ0) is 109. The van der Waals surface area contributed by atoms with Gasteiger partial charge in [0.2, 0.25) is 41.4 Å². The summed E-state index contributed by atoms with van der Waals surface area (Å²) in [4.78, 5) is 200. The summed E-state index contributed by atoms with van der Waals surface area (Å²) in [5.41, 5.74) is 53.7. The molecule has 46 nitrogen and oxygen atoms in total. The number of hydrogen-bond donors (Lipinski definition) is 20. The molecule has 0 saturated carbocycles. The molecule has 0 bridgehead atoms. The molecular weight excluding hydrogens is 1880 g/mol. The molecule has 15 amide bonds. The number of amides is 15. The summed E-state index contributed by atoms with van der Waals surface area (Å²) in [6, 6.07) is 21.7. The third-order valence-corrected chi connectivity index (χ3v) is 21.5. The largest absolute Gasteiger partial charge is 0.481 e. The molecule has 0 aliphatic heterocycles. The molecule has 145 heavy (non-hydrogen) atoms. The third-order valence-electron chi connectivity index (χ3n) is 21.5. The van der Waals surface area contributed by atoms with Crippen LogP contribution in [0.4, 0.5) is 41.9 Å². The molecule has 0 heterocycles. The highest BCUT2D eigenvalue weighted by molar-refractivity contribution is 6.00. The van der Waals surface area contributed by atoms with Crippen LogP contribution in [0.15, 0.2) is 107 Å². The number of nitrogens with zero attached hydrogens (tertiary/aromatic N) is 6. The average molecular weight is 2040 g/mol. The molecule has 0 spiro atoms. The van der Waals surface area contributed by atoms with Gasteiger partial charge in [-0.25, -0.2) is 19.2 Å². The quantitative estimate of drug-likeness (QED) is 0.00846. The number of aliphatic hydroxyl groups is 2. The van der Waals surface area contributed by atoms with E-state index in [0.29, 0.717) is 126 Å². The first-order valence-corrected chi connectivity index (χ1v) is 49.0. The van der Waals surface area contributed by atoms with Gasteiger partial charge in [0, 0.05) is 154 Å². The zero-order valence-electron chi connectivity index (χ0n) is 85.8. The van der Waals surface area contributed by atoms with E-state index in [1.165, 1.54) is 0 Å². The van der Waals surface area contributed by atoms with Crippen molar-refractivity contribution in [3.05, 3.63) is 140 Å². The van der Waals surface area contributed by atoms with Gasteiger partial charge in [-0.1, -0.05) is 135 Å². The first-order chi connectivity index (χ1) is 69.0. The van der Waals surface area contributed by atoms with Crippen molar-refractivity contribution in [2.24, 2.45) is 92.0 Å². The molecule has 4 rings (SSSR count). The van der Waals surface area contributed by atoms with Gasteiger partial charge in [-0.15, -0.1) is 0 Å². The molecule has 0 aliphatic carbocycles. The number of azide groups is 2. The maximum Gasteiger partial charge on any atom is 0.312 e. The second kappa shape index (κ2) is 80.1. The first kappa shape index (κ1) is 132. The molecular formula is C99H159N23O23. The van der Waals surface area contributed by atoms with Crippen molar-refractivity contribution in [3.63, 3.8) is 0 Å². The normalized spacial score (nSPS) is 12.3. The Hall–Kier alpha value is -13.3. The van der Waals surface area contributed by atoms with Crippen molar-refractivity contribution in [3.8, 4) is 0 Å². The number of carbonyl (C=O) groups excluding carboxylic acids is 15. The molecule has 0 radical (unpaired) electrons. The fraction of sp³-hybridized carbons (Fsp3) is 0.596. The standard InChI is InChI=1S/C25H39N7O5.C25H40N4O6.C24H38N8O5.C19H30N4O4.C6H12O3/c1-4-13-37-14-11-22(34)31-23(17(2)3)21(33)15-19(6-5-12-28-25(26)36)24(35)30-20-9-7-18(8-10-20)16-29-32-27;1-4-13-35-14-11-22(32)29-23(17(2)3)21(31)15-19(6-5-12-27-25(26)34)24(33)28-20-9-7-18(16-30)8-10-20;1-16(2)22(31-21(34)9-12-37-13-10-25)20(33)14-18(4-3-11-28-24(26)36)23(35)30-19-7-5-17(6-8-19)15-29-32-27;1-12(2)17(20)16(25)10-14(4-3-9-22-19(21)27)18(26)23-15-7-5-13(11-24)6-8-15;1-2-4-9-5-3-6(7)8/h7-10,17,19,23H,4-6,11-16H2,1-3H3,(H,30,35)(H,31,34)(H3,26,28,36);7-10,17,19,23,30H,4-6,11-16H2,1-3H3,(H,28,33)(H,29,32)(H3,26,27,34);5-8,16,18,22H,3-4,9-15,25H2,1-2H3,(H,30,35)(H,31,34)(H3,26,28,36);5-8,12,14,17,24H,3-4,9-11,20H2,1-2H3,(H,23,26)(H3,21,22,27);2-5H2,1H3,(H,7,8)/t2*19-,23+;18-,22+;14-,17+;/m1111./s1. The van der Waals surface area contributed by atoms with Crippen LogP contribution < -0.4 is 92.9 Å². The fourth-order valence-electron chi connectivity index (χ4n) is 13.6. The van der Waals surface area contributed by atoms with Gasteiger partial charge in [-0.2, -0.15) is 0 Å². The Kier molecular flexibility index (Phi) is 72.7. The Morgan fingerprint density at radius 3 is 0.807 bits per heavy atom. The number of aliphatic hydroxyl groups excluding tert-OH is 2. The van der Waals surface area contributed by atoms with Crippen LogP contribution in [0.3, 0.4) is 0 Å². The van der Waals surface area contributed by atoms with E-state index in [1.807, 2.05) is 76.2 Å². The Morgan fingerprint density at radius 1 is 0.352 bits per heavy atom. The van der Waals surface area contributed by atoms with Crippen LogP contribution >= 0.6 is 0 Å². The predicted molar refractivity (Wildman–Crippen MR) is 550 cm³/mol. The molecule has 0 aliphatic rings. The molecule has 0 unspecified atom stereocenters. The highest BCUT2D eigenvalue weighted by atomic mass is 16.5. The summed E-state index contributed by atoms with van der Waals surface area (Å²) < 4.78 is 20.8. The summed E-state index contributed by atoms with van der Waals surface area (Å²) in [7, 11) is 0. The number of Topliss-reactive ketones (excluding diaryl/α,β-unsaturated/α-hetero) is 4. The minimum absolute atomic E-state index is 0.0104. The summed E-state index contributed by atoms with van der Waals surface area (Å²) in [6.07, 6.45) is 6.20. The molecule has 0 saturated heterocycles. The van der Waals surface area contributed by atoms with Gasteiger partial charge in [0.15, 0.2) is 23.1 Å². The summed E-state index contributed by atoms with van der Waals surface area (Å²) >= 11 is 0. The third kappa shape index (κ3) is 64.9. The molecule has 0 aromatic heterocycles. The highest BCUT2D eigenvalue weighted by Gasteiger charge is 2.34. The number of ketones is 4. The summed E-state index contributed by atoms with van der Waals surface area (Å²) in [5, 5.41) is 62.9. The Bertz CT molecular complexity index is 4470. The van der Waals surface area contributed by atoms with E-state index in [0.717, 1.165) is 36.0 Å². The van der Waals surface area contributed by atoms with Crippen molar-refractivity contribution in [2.45, 2.75) is 249 Å². The molecule has 4 aromatic carbocycles. The van der Waals surface area contributed by atoms with E-state index < -0.39 is 77.9 Å². The van der Waals surface area contributed by atoms with Crippen LogP contribution in [0.25, 0.3) is 20.9 Å². The molecule has 808 valence electrons. The number of nitrogens with two attached hydrogens (primary N) is 6. The number of hydrogen-bond acceptors (Lipinski definition) is 26. The average Bonchev–Trinajstić information content (AvgIpc) is 0.852. The van der Waals surface area contributed by atoms with Crippen molar-refractivity contribution in [1.82, 2.24) is 37.2 Å². The van der Waals surface area contributed by atoms with E-state index in [4.69, 9.17) is 74.6 Å². The molecule has 46 heteroatoms. The number of ether oxygens (including phenoxy) is 4. The van der Waals surface area contributed by atoms with Crippen LogP contribution in [0.2, 0.25) is 0 Å². The molecule has 8 atom stereocenters.